The molecule has 0 aliphatic carbocycles. The zero-order valence-electron chi connectivity index (χ0n) is 9.68. The van der Waals surface area contributed by atoms with Crippen LogP contribution >= 0.6 is 0 Å². The monoisotopic (exact) mass is 226 g/mol. The van der Waals surface area contributed by atoms with Gasteiger partial charge in [-0.15, -0.1) is 10.2 Å². The smallest absolute Gasteiger partial charge is 0.220 e. The lowest BCUT2D eigenvalue weighted by Gasteiger charge is -2.12. The summed E-state index contributed by atoms with van der Waals surface area (Å²) in [7, 11) is 1.84. The SMILES string of the molecule is CC(NC(=O)CCCCO)c1nncn1C. The first kappa shape index (κ1) is 12.6. The second kappa shape index (κ2) is 6.22. The highest BCUT2D eigenvalue weighted by molar-refractivity contribution is 5.76. The molecule has 1 amide bonds. The van der Waals surface area contributed by atoms with Crippen molar-refractivity contribution in [2.45, 2.75) is 32.2 Å². The maximum atomic E-state index is 11.5. The van der Waals surface area contributed by atoms with Gasteiger partial charge in [-0.1, -0.05) is 0 Å². The average Bonchev–Trinajstić information content (AvgIpc) is 2.65. The predicted octanol–water partition coefficient (Wildman–Crippen LogP) is 0.155. The van der Waals surface area contributed by atoms with Crippen molar-refractivity contribution in [1.29, 1.82) is 0 Å². The van der Waals surface area contributed by atoms with Gasteiger partial charge >= 0.3 is 0 Å². The van der Waals surface area contributed by atoms with Gasteiger partial charge in [0.1, 0.15) is 6.33 Å². The van der Waals surface area contributed by atoms with E-state index in [0.717, 1.165) is 5.82 Å². The molecule has 90 valence electrons. The fourth-order valence-corrected chi connectivity index (χ4v) is 1.46. The van der Waals surface area contributed by atoms with Gasteiger partial charge in [-0.25, -0.2) is 0 Å². The van der Waals surface area contributed by atoms with Crippen molar-refractivity contribution in [1.82, 2.24) is 20.1 Å². The Morgan fingerprint density at radius 1 is 1.62 bits per heavy atom. The number of carbonyl (C=O) groups is 1. The Balaban J connectivity index is 2.37. The summed E-state index contributed by atoms with van der Waals surface area (Å²) < 4.78 is 1.78. The third-order valence-corrected chi connectivity index (χ3v) is 2.32. The highest BCUT2D eigenvalue weighted by Crippen LogP contribution is 2.07. The highest BCUT2D eigenvalue weighted by atomic mass is 16.3. The van der Waals surface area contributed by atoms with Crippen LogP contribution in [0.2, 0.25) is 0 Å². The number of carbonyl (C=O) groups excluding carboxylic acids is 1. The summed E-state index contributed by atoms with van der Waals surface area (Å²) in [4.78, 5) is 11.5. The number of hydrogen-bond acceptors (Lipinski definition) is 4. The molecule has 0 saturated heterocycles. The Morgan fingerprint density at radius 3 is 2.94 bits per heavy atom. The lowest BCUT2D eigenvalue weighted by molar-refractivity contribution is -0.121. The molecule has 2 N–H and O–H groups in total. The molecule has 1 aromatic heterocycles. The summed E-state index contributed by atoms with van der Waals surface area (Å²) in [6.45, 7) is 2.00. The first-order valence-corrected chi connectivity index (χ1v) is 5.39. The molecular weight excluding hydrogens is 208 g/mol. The van der Waals surface area contributed by atoms with Gasteiger partial charge in [0.25, 0.3) is 0 Å². The first-order valence-electron chi connectivity index (χ1n) is 5.39. The lowest BCUT2D eigenvalue weighted by atomic mass is 10.2. The van der Waals surface area contributed by atoms with Gasteiger partial charge in [-0.2, -0.15) is 0 Å². The van der Waals surface area contributed by atoms with E-state index in [0.29, 0.717) is 19.3 Å². The quantitative estimate of drug-likeness (QED) is 0.677. The van der Waals surface area contributed by atoms with Gasteiger partial charge in [0.15, 0.2) is 5.82 Å². The molecule has 0 aliphatic heterocycles. The minimum Gasteiger partial charge on any atom is -0.396 e. The maximum absolute atomic E-state index is 11.5. The fourth-order valence-electron chi connectivity index (χ4n) is 1.46. The molecule has 16 heavy (non-hydrogen) atoms. The minimum absolute atomic E-state index is 0.0241. The average molecular weight is 226 g/mol. The van der Waals surface area contributed by atoms with Crippen molar-refractivity contribution in [3.8, 4) is 0 Å². The van der Waals surface area contributed by atoms with Crippen molar-refractivity contribution < 1.29 is 9.90 Å². The summed E-state index contributed by atoms with van der Waals surface area (Å²) in [5.74, 6) is 0.708. The Hall–Kier alpha value is -1.43. The molecule has 0 radical (unpaired) electrons. The Labute approximate surface area is 94.7 Å². The van der Waals surface area contributed by atoms with Crippen LogP contribution in [0.25, 0.3) is 0 Å². The van der Waals surface area contributed by atoms with Crippen LogP contribution in [0.5, 0.6) is 0 Å². The van der Waals surface area contributed by atoms with E-state index in [4.69, 9.17) is 5.11 Å². The molecular formula is C10H18N4O2. The molecule has 0 fully saturated rings. The van der Waals surface area contributed by atoms with Crippen molar-refractivity contribution in [3.05, 3.63) is 12.2 Å². The number of aliphatic hydroxyl groups excluding tert-OH is 1. The highest BCUT2D eigenvalue weighted by Gasteiger charge is 2.13. The number of nitrogens with zero attached hydrogens (tertiary/aromatic N) is 3. The van der Waals surface area contributed by atoms with Crippen LogP contribution in [0.15, 0.2) is 6.33 Å². The van der Waals surface area contributed by atoms with Gasteiger partial charge in [-0.3, -0.25) is 4.79 Å². The third-order valence-electron chi connectivity index (χ3n) is 2.32. The van der Waals surface area contributed by atoms with Crippen LogP contribution in [0, 0.1) is 0 Å². The molecule has 1 rings (SSSR count). The summed E-state index contributed by atoms with van der Waals surface area (Å²) in [5.41, 5.74) is 0. The summed E-state index contributed by atoms with van der Waals surface area (Å²) >= 11 is 0. The van der Waals surface area contributed by atoms with E-state index in [9.17, 15) is 4.79 Å². The van der Waals surface area contributed by atoms with Crippen molar-refractivity contribution in [3.63, 3.8) is 0 Å². The number of amides is 1. The number of aromatic nitrogens is 3. The van der Waals surface area contributed by atoms with Gasteiger partial charge in [0.05, 0.1) is 6.04 Å². The summed E-state index contributed by atoms with van der Waals surface area (Å²) in [6.07, 6.45) is 3.39. The maximum Gasteiger partial charge on any atom is 0.220 e. The van der Waals surface area contributed by atoms with E-state index >= 15 is 0 Å². The van der Waals surface area contributed by atoms with Crippen molar-refractivity contribution in [2.24, 2.45) is 7.05 Å². The van der Waals surface area contributed by atoms with Crippen LogP contribution in [-0.4, -0.2) is 32.4 Å². The predicted molar refractivity (Wildman–Crippen MR) is 58.5 cm³/mol. The zero-order valence-corrected chi connectivity index (χ0v) is 9.68. The number of nitrogens with one attached hydrogen (secondary N) is 1. The van der Waals surface area contributed by atoms with Crippen LogP contribution < -0.4 is 5.32 Å². The van der Waals surface area contributed by atoms with E-state index in [2.05, 4.69) is 15.5 Å². The van der Waals surface area contributed by atoms with Gasteiger partial charge < -0.3 is 15.0 Å². The molecule has 6 heteroatoms. The number of aryl methyl sites for hydroxylation is 1. The van der Waals surface area contributed by atoms with Crippen LogP contribution in [0.1, 0.15) is 38.1 Å². The largest absolute Gasteiger partial charge is 0.396 e. The summed E-state index contributed by atoms with van der Waals surface area (Å²) in [5, 5.41) is 19.1. The van der Waals surface area contributed by atoms with E-state index in [1.807, 2.05) is 14.0 Å². The lowest BCUT2D eigenvalue weighted by Crippen LogP contribution is -2.28. The number of unbranched alkanes of at least 4 members (excludes halogenated alkanes) is 1. The number of hydrogen-bond donors (Lipinski definition) is 2. The third kappa shape index (κ3) is 3.62. The zero-order chi connectivity index (χ0) is 12.0. The molecule has 1 aromatic rings. The summed E-state index contributed by atoms with van der Waals surface area (Å²) in [6, 6.07) is -0.144. The number of rotatable bonds is 6. The minimum atomic E-state index is -0.144. The Morgan fingerprint density at radius 2 is 2.38 bits per heavy atom. The van der Waals surface area contributed by atoms with Crippen LogP contribution in [-0.2, 0) is 11.8 Å². The van der Waals surface area contributed by atoms with Crippen LogP contribution in [0.4, 0.5) is 0 Å². The normalized spacial score (nSPS) is 12.4. The molecule has 1 heterocycles. The van der Waals surface area contributed by atoms with E-state index in [1.165, 1.54) is 0 Å². The molecule has 6 nitrogen and oxygen atoms in total. The van der Waals surface area contributed by atoms with Crippen LogP contribution in [0.3, 0.4) is 0 Å². The second-order valence-corrected chi connectivity index (χ2v) is 3.77. The van der Waals surface area contributed by atoms with Gasteiger partial charge in [0.2, 0.25) is 5.91 Å². The second-order valence-electron chi connectivity index (χ2n) is 3.77. The molecule has 0 aromatic carbocycles. The topological polar surface area (TPSA) is 80.0 Å². The van der Waals surface area contributed by atoms with Gasteiger partial charge in [0, 0.05) is 20.1 Å². The molecule has 1 atom stereocenters. The first-order chi connectivity index (χ1) is 7.65. The molecule has 0 aliphatic rings. The Bertz CT molecular complexity index is 337. The standard InChI is InChI=1S/C10H18N4O2/c1-8(10-13-11-7-14(10)2)12-9(16)5-3-4-6-15/h7-8,15H,3-6H2,1-2H3,(H,12,16). The Kier molecular flexibility index (Phi) is 4.91. The molecule has 0 saturated carbocycles. The molecule has 1 unspecified atom stereocenters. The van der Waals surface area contributed by atoms with E-state index in [1.54, 1.807) is 10.9 Å². The van der Waals surface area contributed by atoms with E-state index in [-0.39, 0.29) is 18.6 Å². The number of aliphatic hydroxyl groups is 1. The molecule has 0 spiro atoms. The van der Waals surface area contributed by atoms with Crippen molar-refractivity contribution in [2.75, 3.05) is 6.61 Å². The fraction of sp³-hybridized carbons (Fsp3) is 0.700. The molecule has 0 bridgehead atoms. The van der Waals surface area contributed by atoms with E-state index < -0.39 is 0 Å². The van der Waals surface area contributed by atoms with Crippen molar-refractivity contribution >= 4 is 5.91 Å². The van der Waals surface area contributed by atoms with Gasteiger partial charge in [-0.05, 0) is 19.8 Å².